The van der Waals surface area contributed by atoms with Gasteiger partial charge in [0.15, 0.2) is 0 Å². The highest BCUT2D eigenvalue weighted by atomic mass is 79.9. The number of hydrogen-bond donors (Lipinski definition) is 0. The van der Waals surface area contributed by atoms with Crippen molar-refractivity contribution >= 4 is 50.3 Å². The highest BCUT2D eigenvalue weighted by Crippen LogP contribution is 2.45. The number of nitrogens with zero attached hydrogens (tertiary/aromatic N) is 5. The zero-order valence-electron chi connectivity index (χ0n) is 24.4. The van der Waals surface area contributed by atoms with Crippen molar-refractivity contribution in [3.63, 3.8) is 0 Å². The molecule has 6 rings (SSSR count). The second-order valence-corrected chi connectivity index (χ2v) is 13.0. The first kappa shape index (κ1) is 30.3. The largest absolute Gasteiger partial charge is 0.472 e. The fourth-order valence-corrected chi connectivity index (χ4v) is 7.89. The summed E-state index contributed by atoms with van der Waals surface area (Å²) in [6, 6.07) is 9.27. The molecule has 2 aliphatic heterocycles. The van der Waals surface area contributed by atoms with Crippen LogP contribution < -0.4 is 15.3 Å². The van der Waals surface area contributed by atoms with Crippen LogP contribution in [0.15, 0.2) is 69.4 Å². The molecule has 228 valence electrons. The first-order valence-electron chi connectivity index (χ1n) is 14.2. The van der Waals surface area contributed by atoms with Crippen LogP contribution in [0.25, 0.3) is 22.0 Å². The van der Waals surface area contributed by atoms with E-state index in [1.807, 2.05) is 37.8 Å². The second kappa shape index (κ2) is 12.0. The van der Waals surface area contributed by atoms with Crippen molar-refractivity contribution in [1.29, 1.82) is 0 Å². The molecule has 0 radical (unpaired) electrons. The fourth-order valence-electron chi connectivity index (χ4n) is 6.25. The first-order valence-corrected chi connectivity index (χ1v) is 16.0. The summed E-state index contributed by atoms with van der Waals surface area (Å²) in [5.41, 5.74) is 1.69. The van der Waals surface area contributed by atoms with Gasteiger partial charge in [-0.1, -0.05) is 12.6 Å². The van der Waals surface area contributed by atoms with Crippen LogP contribution in [0.2, 0.25) is 0 Å². The molecule has 4 heterocycles. The molecule has 3 atom stereocenters. The molecule has 2 aromatic heterocycles. The molecule has 1 saturated heterocycles. The third-order valence-electron chi connectivity index (χ3n) is 8.05. The van der Waals surface area contributed by atoms with Crippen molar-refractivity contribution in [3.05, 3.63) is 87.4 Å². The van der Waals surface area contributed by atoms with E-state index in [-0.39, 0.29) is 34.6 Å². The summed E-state index contributed by atoms with van der Waals surface area (Å²) >= 11 is 4.67. The molecule has 1 amide bonds. The normalized spacial score (nSPS) is 20.0. The van der Waals surface area contributed by atoms with Gasteiger partial charge in [-0.15, -0.1) is 11.8 Å². The van der Waals surface area contributed by atoms with Crippen molar-refractivity contribution in [2.75, 3.05) is 23.7 Å². The molecule has 44 heavy (non-hydrogen) atoms. The molecule has 8 nitrogen and oxygen atoms in total. The Balaban J connectivity index is 1.55. The van der Waals surface area contributed by atoms with Crippen molar-refractivity contribution in [1.82, 2.24) is 19.4 Å². The van der Waals surface area contributed by atoms with Crippen LogP contribution in [0, 0.1) is 18.6 Å². The molecule has 0 bridgehead atoms. The van der Waals surface area contributed by atoms with Crippen molar-refractivity contribution in [2.24, 2.45) is 0 Å². The number of aryl methyl sites for hydroxylation is 1. The predicted octanol–water partition coefficient (Wildman–Crippen LogP) is 5.97. The number of carbonyl (C=O) groups excluding carboxylic acids is 1. The van der Waals surface area contributed by atoms with Crippen LogP contribution in [0.3, 0.4) is 0 Å². The number of benzene rings is 2. The summed E-state index contributed by atoms with van der Waals surface area (Å²) in [4.78, 5) is 39.8. The molecule has 0 unspecified atom stereocenters. The van der Waals surface area contributed by atoms with E-state index in [9.17, 15) is 14.0 Å². The van der Waals surface area contributed by atoms with Gasteiger partial charge in [0.25, 0.3) is 0 Å². The highest BCUT2D eigenvalue weighted by molar-refractivity contribution is 9.10. The van der Waals surface area contributed by atoms with E-state index in [0.29, 0.717) is 46.5 Å². The van der Waals surface area contributed by atoms with Crippen LogP contribution in [0.1, 0.15) is 19.4 Å². The highest BCUT2D eigenvalue weighted by Gasteiger charge is 2.35. The average molecular weight is 683 g/mol. The van der Waals surface area contributed by atoms with Crippen LogP contribution in [0.5, 0.6) is 5.88 Å². The summed E-state index contributed by atoms with van der Waals surface area (Å²) in [6.07, 6.45) is 2.51. The van der Waals surface area contributed by atoms with E-state index >= 15 is 4.39 Å². The molecule has 0 saturated carbocycles. The SMILES string of the molecule is C=CC(=O)N1[C@H](C)CN(c2nc(=O)n3c4c(c(-c5cc(Br)c(F)cc5F)c(C)cc24)SC[C@@H](Oc2ccccn2)C3)C[C@@H]1C. The smallest absolute Gasteiger partial charge is 0.350 e. The topological polar surface area (TPSA) is 80.6 Å². The van der Waals surface area contributed by atoms with Gasteiger partial charge in [-0.25, -0.2) is 18.6 Å². The van der Waals surface area contributed by atoms with Crippen LogP contribution in [-0.2, 0) is 11.3 Å². The summed E-state index contributed by atoms with van der Waals surface area (Å²) in [5.74, 6) is -0.171. The van der Waals surface area contributed by atoms with E-state index in [0.717, 1.165) is 17.0 Å². The van der Waals surface area contributed by atoms with Gasteiger partial charge in [0.2, 0.25) is 11.8 Å². The van der Waals surface area contributed by atoms with E-state index in [1.54, 1.807) is 27.8 Å². The number of anilines is 1. The molecule has 0 N–H and O–H groups in total. The summed E-state index contributed by atoms with van der Waals surface area (Å²) in [5, 5.41) is 0.733. The van der Waals surface area contributed by atoms with Gasteiger partial charge >= 0.3 is 5.69 Å². The van der Waals surface area contributed by atoms with E-state index in [1.165, 1.54) is 23.9 Å². The number of hydrogen-bond acceptors (Lipinski definition) is 7. The lowest BCUT2D eigenvalue weighted by Gasteiger charge is -2.44. The standard InChI is InChI=1S/C32H30BrF2N5O3S/c1-5-27(41)40-18(3)13-38(14-19(40)4)31-22-10-17(2)28(21-11-23(33)25(35)12-24(21)34)30-29(22)39(32(42)37-31)15-20(16-44-30)43-26-8-6-7-9-36-26/h5-12,18-20H,1,13-16H2,2-4H3/t18-,19+,20-/m0/s1. The molecule has 0 spiro atoms. The molecule has 4 aromatic rings. The Morgan fingerprint density at radius 3 is 2.57 bits per heavy atom. The first-order chi connectivity index (χ1) is 21.1. The van der Waals surface area contributed by atoms with Crippen molar-refractivity contribution < 1.29 is 18.3 Å². The molecular formula is C32H30BrF2N5O3S. The second-order valence-electron chi connectivity index (χ2n) is 11.1. The maximum atomic E-state index is 15.4. The number of aromatic nitrogens is 3. The molecule has 12 heteroatoms. The van der Waals surface area contributed by atoms with Crippen molar-refractivity contribution in [2.45, 2.75) is 50.4 Å². The summed E-state index contributed by atoms with van der Waals surface area (Å²) in [6.45, 7) is 10.6. The number of ether oxygens (including phenoxy) is 1. The lowest BCUT2D eigenvalue weighted by atomic mass is 9.97. The third-order valence-corrected chi connectivity index (χ3v) is 9.88. The molecule has 1 fully saturated rings. The minimum absolute atomic E-state index is 0.137. The van der Waals surface area contributed by atoms with E-state index in [4.69, 9.17) is 4.74 Å². The maximum Gasteiger partial charge on any atom is 0.350 e. The minimum Gasteiger partial charge on any atom is -0.472 e. The van der Waals surface area contributed by atoms with Gasteiger partial charge in [-0.2, -0.15) is 4.98 Å². The zero-order valence-corrected chi connectivity index (χ0v) is 26.8. The number of thioether (sulfide) groups is 1. The Kier molecular flexibility index (Phi) is 8.23. The predicted molar refractivity (Wildman–Crippen MR) is 171 cm³/mol. The summed E-state index contributed by atoms with van der Waals surface area (Å²) in [7, 11) is 0. The molecule has 2 aliphatic rings. The minimum atomic E-state index is -0.704. The Labute approximate surface area is 265 Å². The maximum absolute atomic E-state index is 15.4. The van der Waals surface area contributed by atoms with Gasteiger partial charge in [0.1, 0.15) is 23.6 Å². The molecular weight excluding hydrogens is 652 g/mol. The average Bonchev–Trinajstić information content (AvgIpc) is 3.17. The number of pyridine rings is 1. The van der Waals surface area contributed by atoms with Gasteiger partial charge in [-0.05, 0) is 66.5 Å². The fraction of sp³-hybridized carbons (Fsp3) is 0.312. The van der Waals surface area contributed by atoms with E-state index < -0.39 is 23.4 Å². The van der Waals surface area contributed by atoms with Gasteiger partial charge in [0, 0.05) is 70.7 Å². The quantitative estimate of drug-likeness (QED) is 0.190. The molecule has 0 aliphatic carbocycles. The monoisotopic (exact) mass is 681 g/mol. The number of piperazine rings is 1. The van der Waals surface area contributed by atoms with Gasteiger partial charge in [-0.3, -0.25) is 9.36 Å². The summed E-state index contributed by atoms with van der Waals surface area (Å²) < 4.78 is 37.6. The number of carbonyl (C=O) groups is 1. The Morgan fingerprint density at radius 1 is 1.14 bits per heavy atom. The van der Waals surface area contributed by atoms with Crippen LogP contribution >= 0.6 is 27.7 Å². The lowest BCUT2D eigenvalue weighted by Crippen LogP contribution is -2.58. The Morgan fingerprint density at radius 2 is 1.89 bits per heavy atom. The van der Waals surface area contributed by atoms with Crippen LogP contribution in [-0.4, -0.2) is 62.4 Å². The molecule has 2 aromatic carbocycles. The number of rotatable bonds is 5. The Hall–Kier alpha value is -3.77. The van der Waals surface area contributed by atoms with Gasteiger partial charge < -0.3 is 14.5 Å². The number of halogens is 3. The van der Waals surface area contributed by atoms with Crippen molar-refractivity contribution in [3.8, 4) is 17.0 Å². The Bertz CT molecular complexity index is 1840. The zero-order chi connectivity index (χ0) is 31.3. The number of amides is 1. The lowest BCUT2D eigenvalue weighted by molar-refractivity contribution is -0.130. The van der Waals surface area contributed by atoms with E-state index in [2.05, 4.69) is 32.5 Å². The van der Waals surface area contributed by atoms with Crippen LogP contribution in [0.4, 0.5) is 14.6 Å². The third kappa shape index (κ3) is 5.38. The van der Waals surface area contributed by atoms with Gasteiger partial charge in [0.05, 0.1) is 16.5 Å².